The van der Waals surface area contributed by atoms with Crippen molar-refractivity contribution in [3.8, 4) is 11.3 Å². The molecule has 0 spiro atoms. The Hall–Kier alpha value is -3.15. The molecule has 0 bridgehead atoms. The zero-order chi connectivity index (χ0) is 18.6. The van der Waals surface area contributed by atoms with Gasteiger partial charge in [-0.3, -0.25) is 4.79 Å². The quantitative estimate of drug-likeness (QED) is 0.737. The molecule has 5 nitrogen and oxygen atoms in total. The number of aromatic amines is 1. The molecule has 0 aliphatic carbocycles. The molecule has 1 aromatic heterocycles. The molecule has 4 rings (SSSR count). The normalized spacial score (nSPS) is 16.9. The van der Waals surface area contributed by atoms with Gasteiger partial charge < -0.3 is 15.2 Å². The Balaban J connectivity index is 1.48. The number of halogens is 1. The Bertz CT molecular complexity index is 907. The Labute approximate surface area is 157 Å². The van der Waals surface area contributed by atoms with Gasteiger partial charge in [-0.15, -0.1) is 0 Å². The fraction of sp³-hybridized carbons (Fsp3) is 0.238. The molecule has 1 atom stereocenters. The molecule has 6 heteroatoms. The van der Waals surface area contributed by atoms with Gasteiger partial charge in [0.2, 0.25) is 0 Å². The molecule has 3 aromatic rings. The van der Waals surface area contributed by atoms with E-state index >= 15 is 0 Å². The van der Waals surface area contributed by atoms with Crippen molar-refractivity contribution in [1.82, 2.24) is 14.9 Å². The number of rotatable bonds is 4. The molecule has 0 saturated carbocycles. The minimum atomic E-state index is -0.256. The number of hydrogen-bond donors (Lipinski definition) is 2. The molecule has 0 radical (unpaired) electrons. The second-order valence-corrected chi connectivity index (χ2v) is 6.73. The van der Waals surface area contributed by atoms with Crippen molar-refractivity contribution in [2.45, 2.75) is 18.9 Å². The van der Waals surface area contributed by atoms with Gasteiger partial charge in [-0.05, 0) is 37.1 Å². The monoisotopic (exact) mass is 364 g/mol. The highest BCUT2D eigenvalue weighted by Gasteiger charge is 2.27. The molecule has 138 valence electrons. The molecule has 27 heavy (non-hydrogen) atoms. The van der Waals surface area contributed by atoms with Gasteiger partial charge >= 0.3 is 0 Å². The van der Waals surface area contributed by atoms with Crippen molar-refractivity contribution >= 4 is 11.6 Å². The highest BCUT2D eigenvalue weighted by Crippen LogP contribution is 2.23. The summed E-state index contributed by atoms with van der Waals surface area (Å²) < 4.78 is 13.1. The van der Waals surface area contributed by atoms with E-state index in [-0.39, 0.29) is 17.8 Å². The van der Waals surface area contributed by atoms with E-state index in [2.05, 4.69) is 15.3 Å². The summed E-state index contributed by atoms with van der Waals surface area (Å²) in [5.41, 5.74) is 2.97. The fourth-order valence-corrected chi connectivity index (χ4v) is 3.49. The van der Waals surface area contributed by atoms with Crippen LogP contribution in [-0.4, -0.2) is 39.9 Å². The van der Waals surface area contributed by atoms with E-state index < -0.39 is 0 Å². The number of hydrogen-bond acceptors (Lipinski definition) is 3. The maximum Gasteiger partial charge on any atom is 0.272 e. The van der Waals surface area contributed by atoms with Gasteiger partial charge in [-0.1, -0.05) is 30.3 Å². The van der Waals surface area contributed by atoms with Crippen molar-refractivity contribution in [3.05, 3.63) is 72.4 Å². The highest BCUT2D eigenvalue weighted by atomic mass is 19.1. The summed E-state index contributed by atoms with van der Waals surface area (Å²) in [7, 11) is 0. The first-order chi connectivity index (χ1) is 13.2. The third kappa shape index (κ3) is 3.84. The second kappa shape index (κ2) is 7.61. The molecule has 2 heterocycles. The molecule has 1 saturated heterocycles. The Morgan fingerprint density at radius 3 is 2.70 bits per heavy atom. The predicted octanol–water partition coefficient (Wildman–Crippen LogP) is 3.93. The van der Waals surface area contributed by atoms with Crippen LogP contribution in [0.2, 0.25) is 0 Å². The largest absolute Gasteiger partial charge is 0.381 e. The average molecular weight is 364 g/mol. The topological polar surface area (TPSA) is 61.0 Å². The number of anilines is 1. The van der Waals surface area contributed by atoms with Crippen LogP contribution in [-0.2, 0) is 0 Å². The average Bonchev–Trinajstić information content (AvgIpc) is 3.20. The lowest BCUT2D eigenvalue weighted by molar-refractivity contribution is 0.0710. The summed E-state index contributed by atoms with van der Waals surface area (Å²) in [5.74, 6) is -0.300. The molecule has 0 unspecified atom stereocenters. The third-order valence-electron chi connectivity index (χ3n) is 4.82. The summed E-state index contributed by atoms with van der Waals surface area (Å²) in [4.78, 5) is 22.3. The van der Waals surface area contributed by atoms with Crippen LogP contribution in [0.15, 0.2) is 60.9 Å². The number of likely N-dealkylation sites (tertiary alicyclic amines) is 1. The second-order valence-electron chi connectivity index (χ2n) is 6.73. The Morgan fingerprint density at radius 2 is 1.93 bits per heavy atom. The van der Waals surface area contributed by atoms with E-state index in [0.29, 0.717) is 24.5 Å². The van der Waals surface area contributed by atoms with Gasteiger partial charge in [-0.25, -0.2) is 9.37 Å². The van der Waals surface area contributed by atoms with Crippen LogP contribution in [0.25, 0.3) is 11.3 Å². The lowest BCUT2D eigenvalue weighted by Crippen LogP contribution is -2.45. The van der Waals surface area contributed by atoms with E-state index in [0.717, 1.165) is 24.1 Å². The maximum atomic E-state index is 13.1. The number of H-pyrrole nitrogens is 1. The Kier molecular flexibility index (Phi) is 4.87. The zero-order valence-corrected chi connectivity index (χ0v) is 14.9. The molecule has 1 aliphatic heterocycles. The smallest absolute Gasteiger partial charge is 0.272 e. The Morgan fingerprint density at radius 1 is 1.15 bits per heavy atom. The number of amides is 1. The van der Waals surface area contributed by atoms with Crippen LogP contribution in [0.5, 0.6) is 0 Å². The molecule has 1 amide bonds. The summed E-state index contributed by atoms with van der Waals surface area (Å²) in [6.07, 6.45) is 3.45. The van der Waals surface area contributed by atoms with Gasteiger partial charge in [-0.2, -0.15) is 0 Å². The first-order valence-corrected chi connectivity index (χ1v) is 9.11. The van der Waals surface area contributed by atoms with E-state index in [9.17, 15) is 9.18 Å². The summed E-state index contributed by atoms with van der Waals surface area (Å²) >= 11 is 0. The fourth-order valence-electron chi connectivity index (χ4n) is 3.49. The molecular formula is C21H21FN4O. The van der Waals surface area contributed by atoms with Crippen molar-refractivity contribution in [2.24, 2.45) is 0 Å². The van der Waals surface area contributed by atoms with Crippen LogP contribution < -0.4 is 5.32 Å². The standard InChI is InChI=1S/C21H21FN4O/c22-16-8-10-17(11-9-16)25-18-7-4-12-26(13-18)21(27)20-19(23-14-24-20)15-5-2-1-3-6-15/h1-3,5-6,8-11,14,18,25H,4,7,12-13H2,(H,23,24)/t18-/m0/s1. The van der Waals surface area contributed by atoms with Crippen molar-refractivity contribution in [2.75, 3.05) is 18.4 Å². The van der Waals surface area contributed by atoms with Crippen molar-refractivity contribution < 1.29 is 9.18 Å². The lowest BCUT2D eigenvalue weighted by atomic mass is 10.0. The van der Waals surface area contributed by atoms with Crippen LogP contribution in [0.1, 0.15) is 23.3 Å². The van der Waals surface area contributed by atoms with Crippen LogP contribution in [0, 0.1) is 5.82 Å². The molecule has 2 N–H and O–H groups in total. The van der Waals surface area contributed by atoms with E-state index in [1.54, 1.807) is 18.5 Å². The van der Waals surface area contributed by atoms with Gasteiger partial charge in [0.25, 0.3) is 5.91 Å². The van der Waals surface area contributed by atoms with Gasteiger partial charge in [0.15, 0.2) is 0 Å². The molecule has 1 fully saturated rings. The van der Waals surface area contributed by atoms with Crippen LogP contribution >= 0.6 is 0 Å². The molecule has 2 aromatic carbocycles. The van der Waals surface area contributed by atoms with Gasteiger partial charge in [0.1, 0.15) is 17.2 Å². The predicted molar refractivity (Wildman–Crippen MR) is 103 cm³/mol. The number of carbonyl (C=O) groups is 1. The summed E-state index contributed by atoms with van der Waals surface area (Å²) in [6.45, 7) is 1.32. The summed E-state index contributed by atoms with van der Waals surface area (Å²) in [6, 6.07) is 16.1. The first-order valence-electron chi connectivity index (χ1n) is 9.11. The van der Waals surface area contributed by atoms with E-state index in [1.807, 2.05) is 35.2 Å². The van der Waals surface area contributed by atoms with E-state index in [1.165, 1.54) is 12.1 Å². The number of piperidine rings is 1. The number of nitrogens with zero attached hydrogens (tertiary/aromatic N) is 2. The van der Waals surface area contributed by atoms with E-state index in [4.69, 9.17) is 0 Å². The minimum absolute atomic E-state index is 0.0445. The highest BCUT2D eigenvalue weighted by molar-refractivity contribution is 5.98. The van der Waals surface area contributed by atoms with Crippen LogP contribution in [0.3, 0.4) is 0 Å². The minimum Gasteiger partial charge on any atom is -0.381 e. The zero-order valence-electron chi connectivity index (χ0n) is 14.9. The first kappa shape index (κ1) is 17.3. The molecular weight excluding hydrogens is 343 g/mol. The number of nitrogens with one attached hydrogen (secondary N) is 2. The summed E-state index contributed by atoms with van der Waals surface area (Å²) in [5, 5.41) is 3.40. The maximum absolute atomic E-state index is 13.1. The third-order valence-corrected chi connectivity index (χ3v) is 4.82. The van der Waals surface area contributed by atoms with Crippen molar-refractivity contribution in [1.29, 1.82) is 0 Å². The van der Waals surface area contributed by atoms with Gasteiger partial charge in [0, 0.05) is 30.4 Å². The number of aromatic nitrogens is 2. The SMILES string of the molecule is O=C(c1[nH]cnc1-c1ccccc1)N1CCC[C@H](Nc2ccc(F)cc2)C1. The number of imidazole rings is 1. The number of carbonyl (C=O) groups excluding carboxylic acids is 1. The van der Waals surface area contributed by atoms with Gasteiger partial charge in [0.05, 0.1) is 6.33 Å². The van der Waals surface area contributed by atoms with Crippen molar-refractivity contribution in [3.63, 3.8) is 0 Å². The van der Waals surface area contributed by atoms with Crippen LogP contribution in [0.4, 0.5) is 10.1 Å². The molecule has 1 aliphatic rings. The lowest BCUT2D eigenvalue weighted by Gasteiger charge is -2.33. The number of benzene rings is 2.